The van der Waals surface area contributed by atoms with E-state index in [0.29, 0.717) is 18.5 Å². The summed E-state index contributed by atoms with van der Waals surface area (Å²) in [6.45, 7) is 0. The van der Waals surface area contributed by atoms with E-state index in [4.69, 9.17) is 10.5 Å². The van der Waals surface area contributed by atoms with E-state index in [1.807, 2.05) is 6.07 Å². The molecule has 1 spiro atoms. The molecule has 0 radical (unpaired) electrons. The molecule has 1 heterocycles. The molecular formula is C11H10N2O3. The lowest BCUT2D eigenvalue weighted by atomic mass is 9.95. The Bertz CT molecular complexity index is 512. The molecule has 0 saturated carbocycles. The van der Waals surface area contributed by atoms with Crippen molar-refractivity contribution in [3.05, 3.63) is 29.3 Å². The van der Waals surface area contributed by atoms with Crippen LogP contribution in [0.5, 0.6) is 0 Å². The number of fused-ring (bicyclic) bond motifs is 2. The molecule has 1 fully saturated rings. The number of rotatable bonds is 0. The number of nitrogens with one attached hydrogen (secondary N) is 1. The van der Waals surface area contributed by atoms with Gasteiger partial charge in [-0.2, -0.15) is 0 Å². The molecule has 82 valence electrons. The number of imide groups is 1. The van der Waals surface area contributed by atoms with Crippen molar-refractivity contribution in [1.82, 2.24) is 5.32 Å². The van der Waals surface area contributed by atoms with Gasteiger partial charge in [0.15, 0.2) is 0 Å². The van der Waals surface area contributed by atoms with Crippen LogP contribution in [0.4, 0.5) is 10.5 Å². The molecule has 1 unspecified atom stereocenters. The zero-order valence-corrected chi connectivity index (χ0v) is 8.45. The van der Waals surface area contributed by atoms with Gasteiger partial charge in [-0.05, 0) is 24.1 Å². The van der Waals surface area contributed by atoms with Gasteiger partial charge in [0.2, 0.25) is 5.60 Å². The summed E-state index contributed by atoms with van der Waals surface area (Å²) in [5.41, 5.74) is 6.95. The van der Waals surface area contributed by atoms with Gasteiger partial charge in [-0.3, -0.25) is 10.1 Å². The summed E-state index contributed by atoms with van der Waals surface area (Å²) in [5, 5.41) is 2.17. The highest BCUT2D eigenvalue weighted by molar-refractivity contribution is 6.04. The average molecular weight is 218 g/mol. The lowest BCUT2D eigenvalue weighted by Gasteiger charge is -2.19. The minimum absolute atomic E-state index is 0.374. The maximum Gasteiger partial charge on any atom is 0.415 e. The fourth-order valence-electron chi connectivity index (χ4n) is 2.43. The fraction of sp³-hybridized carbons (Fsp3) is 0.273. The molecule has 0 aromatic heterocycles. The topological polar surface area (TPSA) is 81.4 Å². The highest BCUT2D eigenvalue weighted by Gasteiger charge is 2.53. The van der Waals surface area contributed by atoms with Gasteiger partial charge in [-0.1, -0.05) is 6.07 Å². The third-order valence-corrected chi connectivity index (χ3v) is 3.16. The molecule has 3 N–H and O–H groups in total. The Balaban J connectivity index is 2.15. The predicted octanol–water partition coefficient (Wildman–Crippen LogP) is 0.677. The second-order valence-corrected chi connectivity index (χ2v) is 4.09. The smallest absolute Gasteiger partial charge is 0.415 e. The number of benzene rings is 1. The highest BCUT2D eigenvalue weighted by atomic mass is 16.6. The molecule has 5 heteroatoms. The lowest BCUT2D eigenvalue weighted by molar-refractivity contribution is -0.131. The van der Waals surface area contributed by atoms with Gasteiger partial charge < -0.3 is 10.5 Å². The number of hydrogen-bond donors (Lipinski definition) is 2. The van der Waals surface area contributed by atoms with E-state index in [-0.39, 0.29) is 5.91 Å². The summed E-state index contributed by atoms with van der Waals surface area (Å²) in [6, 6.07) is 5.30. The van der Waals surface area contributed by atoms with Crippen LogP contribution in [0.15, 0.2) is 18.2 Å². The summed E-state index contributed by atoms with van der Waals surface area (Å²) in [6.07, 6.45) is 0.513. The maximum atomic E-state index is 11.8. The van der Waals surface area contributed by atoms with E-state index in [2.05, 4.69) is 5.32 Å². The second kappa shape index (κ2) is 2.75. The summed E-state index contributed by atoms with van der Waals surface area (Å²) in [5.74, 6) is -0.374. The number of nitrogens with two attached hydrogens (primary N) is 1. The van der Waals surface area contributed by atoms with Gasteiger partial charge in [-0.25, -0.2) is 4.79 Å². The van der Waals surface area contributed by atoms with E-state index in [9.17, 15) is 9.59 Å². The van der Waals surface area contributed by atoms with Crippen LogP contribution in [0.1, 0.15) is 17.5 Å². The van der Waals surface area contributed by atoms with E-state index < -0.39 is 11.7 Å². The molecule has 1 aliphatic carbocycles. The standard InChI is InChI=1S/C11H10N2O3/c12-7-1-2-8-6(5-7)3-4-11(8)9(14)13-10(15)16-11/h1-2,5H,3-4,12H2,(H,13,14,15). The maximum absolute atomic E-state index is 11.8. The molecule has 1 saturated heterocycles. The van der Waals surface area contributed by atoms with E-state index in [0.717, 1.165) is 11.1 Å². The minimum atomic E-state index is -1.11. The first-order chi connectivity index (χ1) is 7.62. The van der Waals surface area contributed by atoms with Crippen LogP contribution in [0.25, 0.3) is 0 Å². The van der Waals surface area contributed by atoms with Crippen molar-refractivity contribution >= 4 is 17.7 Å². The summed E-state index contributed by atoms with van der Waals surface area (Å²) < 4.78 is 5.15. The molecule has 1 atom stereocenters. The number of amides is 2. The van der Waals surface area contributed by atoms with Crippen LogP contribution in [-0.2, 0) is 21.6 Å². The normalized spacial score (nSPS) is 26.8. The Morgan fingerprint density at radius 1 is 1.38 bits per heavy atom. The Labute approximate surface area is 91.6 Å². The first-order valence-corrected chi connectivity index (χ1v) is 5.05. The number of nitrogen functional groups attached to an aromatic ring is 1. The largest absolute Gasteiger partial charge is 0.427 e. The SMILES string of the molecule is Nc1ccc2c(c1)CCC21OC(=O)NC1=O. The first-order valence-electron chi connectivity index (χ1n) is 5.05. The lowest BCUT2D eigenvalue weighted by Crippen LogP contribution is -2.34. The fourth-order valence-corrected chi connectivity index (χ4v) is 2.43. The van der Waals surface area contributed by atoms with Crippen molar-refractivity contribution in [3.63, 3.8) is 0 Å². The zero-order chi connectivity index (χ0) is 11.3. The molecule has 5 nitrogen and oxygen atoms in total. The molecule has 1 aromatic carbocycles. The number of alkyl carbamates (subject to hydrolysis) is 1. The van der Waals surface area contributed by atoms with Crippen molar-refractivity contribution in [2.45, 2.75) is 18.4 Å². The van der Waals surface area contributed by atoms with Crippen LogP contribution in [0.3, 0.4) is 0 Å². The highest BCUT2D eigenvalue weighted by Crippen LogP contribution is 2.43. The van der Waals surface area contributed by atoms with Crippen molar-refractivity contribution < 1.29 is 14.3 Å². The average Bonchev–Trinajstić information content (AvgIpc) is 2.70. The van der Waals surface area contributed by atoms with Crippen LogP contribution in [0, 0.1) is 0 Å². The number of ether oxygens (including phenoxy) is 1. The van der Waals surface area contributed by atoms with Crippen molar-refractivity contribution in [1.29, 1.82) is 0 Å². The van der Waals surface area contributed by atoms with Gasteiger partial charge in [0, 0.05) is 17.7 Å². The number of hydrogen-bond acceptors (Lipinski definition) is 4. The van der Waals surface area contributed by atoms with Crippen LogP contribution in [0.2, 0.25) is 0 Å². The Morgan fingerprint density at radius 2 is 2.19 bits per heavy atom. The monoisotopic (exact) mass is 218 g/mol. The van der Waals surface area contributed by atoms with E-state index in [1.54, 1.807) is 12.1 Å². The number of aryl methyl sites for hydroxylation is 1. The summed E-state index contributed by atoms with van der Waals surface area (Å²) in [7, 11) is 0. The Morgan fingerprint density at radius 3 is 2.88 bits per heavy atom. The third-order valence-electron chi connectivity index (χ3n) is 3.16. The van der Waals surface area contributed by atoms with Crippen molar-refractivity contribution in [2.24, 2.45) is 0 Å². The van der Waals surface area contributed by atoms with Crippen LogP contribution in [-0.4, -0.2) is 12.0 Å². The quantitative estimate of drug-likeness (QED) is 0.627. The van der Waals surface area contributed by atoms with Gasteiger partial charge in [-0.15, -0.1) is 0 Å². The molecule has 1 aliphatic heterocycles. The van der Waals surface area contributed by atoms with Crippen LogP contribution < -0.4 is 11.1 Å². The molecule has 0 bridgehead atoms. The first kappa shape index (κ1) is 9.21. The minimum Gasteiger partial charge on any atom is -0.427 e. The molecule has 2 amide bonds. The zero-order valence-electron chi connectivity index (χ0n) is 8.45. The number of carbonyl (C=O) groups excluding carboxylic acids is 2. The Kier molecular flexibility index (Phi) is 1.58. The van der Waals surface area contributed by atoms with Gasteiger partial charge in [0.1, 0.15) is 0 Å². The van der Waals surface area contributed by atoms with Crippen LogP contribution >= 0.6 is 0 Å². The molecule has 1 aromatic rings. The summed E-state index contributed by atoms with van der Waals surface area (Å²) in [4.78, 5) is 22.9. The van der Waals surface area contributed by atoms with Crippen molar-refractivity contribution in [3.8, 4) is 0 Å². The van der Waals surface area contributed by atoms with Gasteiger partial charge in [0.05, 0.1) is 0 Å². The Hall–Kier alpha value is -2.04. The predicted molar refractivity (Wildman–Crippen MR) is 55.5 cm³/mol. The van der Waals surface area contributed by atoms with Crippen molar-refractivity contribution in [2.75, 3.05) is 5.73 Å². The third kappa shape index (κ3) is 0.997. The van der Waals surface area contributed by atoms with Gasteiger partial charge in [0.25, 0.3) is 5.91 Å². The second-order valence-electron chi connectivity index (χ2n) is 4.09. The van der Waals surface area contributed by atoms with E-state index >= 15 is 0 Å². The van der Waals surface area contributed by atoms with Gasteiger partial charge >= 0.3 is 6.09 Å². The summed E-state index contributed by atoms with van der Waals surface area (Å²) >= 11 is 0. The molecule has 2 aliphatic rings. The number of carbonyl (C=O) groups is 2. The molecule has 16 heavy (non-hydrogen) atoms. The molecule has 3 rings (SSSR count). The van der Waals surface area contributed by atoms with E-state index in [1.165, 1.54) is 0 Å². The number of anilines is 1. The molecular weight excluding hydrogens is 208 g/mol.